The molecule has 0 aliphatic rings. The molecule has 0 aromatic heterocycles. The van der Waals surface area contributed by atoms with Gasteiger partial charge in [-0.15, -0.1) is 0 Å². The fourth-order valence-electron chi connectivity index (χ4n) is 1.22. The Morgan fingerprint density at radius 1 is 1.44 bits per heavy atom. The average molecular weight is 271 g/mol. The molecule has 0 heterocycles. The van der Waals surface area contributed by atoms with Crippen molar-refractivity contribution < 1.29 is 9.53 Å². The molecule has 4 nitrogen and oxygen atoms in total. The van der Waals surface area contributed by atoms with E-state index in [2.05, 4.69) is 5.32 Å². The molecule has 0 bridgehead atoms. The number of nitrogen functional groups attached to an aromatic ring is 1. The maximum atomic E-state index is 11.7. The van der Waals surface area contributed by atoms with Gasteiger partial charge in [-0.3, -0.25) is 4.79 Å². The molecule has 1 unspecified atom stereocenters. The van der Waals surface area contributed by atoms with E-state index in [-0.39, 0.29) is 18.6 Å². The zero-order valence-corrected chi connectivity index (χ0v) is 11.6. The molecule has 1 aromatic carbocycles. The summed E-state index contributed by atoms with van der Waals surface area (Å²) >= 11 is 5.94. The molecule has 100 valence electrons. The molecule has 18 heavy (non-hydrogen) atoms. The van der Waals surface area contributed by atoms with Crippen molar-refractivity contribution in [1.29, 1.82) is 0 Å². The maximum absolute atomic E-state index is 11.7. The Labute approximate surface area is 112 Å². The molecule has 0 aliphatic carbocycles. The summed E-state index contributed by atoms with van der Waals surface area (Å²) in [6, 6.07) is 4.94. The van der Waals surface area contributed by atoms with E-state index in [1.54, 1.807) is 18.2 Å². The van der Waals surface area contributed by atoms with Crippen LogP contribution in [0.1, 0.15) is 20.8 Å². The fraction of sp³-hybridized carbons (Fsp3) is 0.462. The standard InChI is InChI=1S/C13H19ClN2O2/c1-8(2)9(3)18-7-13(17)16-12-6-10(15)4-5-11(12)14/h4-6,8-9H,7,15H2,1-3H3,(H,16,17). The summed E-state index contributed by atoms with van der Waals surface area (Å²) in [6.07, 6.45) is 0.0343. The normalized spacial score (nSPS) is 12.5. The topological polar surface area (TPSA) is 64.3 Å². The van der Waals surface area contributed by atoms with E-state index in [0.717, 1.165) is 0 Å². The number of carbonyl (C=O) groups is 1. The van der Waals surface area contributed by atoms with Gasteiger partial charge in [-0.25, -0.2) is 0 Å². The third-order valence-electron chi connectivity index (χ3n) is 2.68. The van der Waals surface area contributed by atoms with Gasteiger partial charge in [0.15, 0.2) is 0 Å². The molecular formula is C13H19ClN2O2. The largest absolute Gasteiger partial charge is 0.399 e. The second kappa shape index (κ2) is 6.61. The van der Waals surface area contributed by atoms with Crippen molar-refractivity contribution in [1.82, 2.24) is 0 Å². The van der Waals surface area contributed by atoms with Gasteiger partial charge in [-0.2, -0.15) is 0 Å². The van der Waals surface area contributed by atoms with E-state index in [0.29, 0.717) is 22.3 Å². The second-order valence-electron chi connectivity index (χ2n) is 4.55. The van der Waals surface area contributed by atoms with Gasteiger partial charge >= 0.3 is 0 Å². The molecule has 1 aromatic rings. The van der Waals surface area contributed by atoms with Gasteiger partial charge in [0.1, 0.15) is 6.61 Å². The number of amides is 1. The van der Waals surface area contributed by atoms with Crippen LogP contribution in [-0.4, -0.2) is 18.6 Å². The highest BCUT2D eigenvalue weighted by Gasteiger charge is 2.11. The highest BCUT2D eigenvalue weighted by Crippen LogP contribution is 2.23. The minimum absolute atomic E-state index is 0.00444. The molecule has 0 spiro atoms. The summed E-state index contributed by atoms with van der Waals surface area (Å²) in [6.45, 7) is 6.02. The summed E-state index contributed by atoms with van der Waals surface area (Å²) in [7, 11) is 0. The van der Waals surface area contributed by atoms with Gasteiger partial charge in [0.05, 0.1) is 16.8 Å². The Kier molecular flexibility index (Phi) is 5.44. The molecule has 0 saturated carbocycles. The van der Waals surface area contributed by atoms with E-state index in [1.807, 2.05) is 20.8 Å². The third-order valence-corrected chi connectivity index (χ3v) is 3.01. The van der Waals surface area contributed by atoms with E-state index in [9.17, 15) is 4.79 Å². The molecule has 5 heteroatoms. The van der Waals surface area contributed by atoms with Crippen molar-refractivity contribution in [3.63, 3.8) is 0 Å². The van der Waals surface area contributed by atoms with Crippen molar-refractivity contribution in [2.45, 2.75) is 26.9 Å². The molecule has 0 saturated heterocycles. The van der Waals surface area contributed by atoms with Gasteiger partial charge < -0.3 is 15.8 Å². The first-order valence-corrected chi connectivity index (χ1v) is 6.24. The summed E-state index contributed by atoms with van der Waals surface area (Å²) in [5.41, 5.74) is 6.67. The first kappa shape index (κ1) is 14.8. The second-order valence-corrected chi connectivity index (χ2v) is 4.95. The molecule has 3 N–H and O–H groups in total. The number of nitrogens with two attached hydrogens (primary N) is 1. The van der Waals surface area contributed by atoms with Gasteiger partial charge in [0.2, 0.25) is 5.91 Å². The smallest absolute Gasteiger partial charge is 0.250 e. The lowest BCUT2D eigenvalue weighted by molar-refractivity contribution is -0.123. The SMILES string of the molecule is CC(C)C(C)OCC(=O)Nc1cc(N)ccc1Cl. The van der Waals surface area contributed by atoms with Gasteiger partial charge in [-0.05, 0) is 31.0 Å². The number of benzene rings is 1. The van der Waals surface area contributed by atoms with Crippen LogP contribution in [0.5, 0.6) is 0 Å². The number of rotatable bonds is 5. The lowest BCUT2D eigenvalue weighted by Gasteiger charge is -2.16. The number of nitrogens with one attached hydrogen (secondary N) is 1. The predicted octanol–water partition coefficient (Wildman–Crippen LogP) is 2.92. The molecule has 0 aliphatic heterocycles. The molecule has 0 radical (unpaired) electrons. The van der Waals surface area contributed by atoms with Gasteiger partial charge in [0, 0.05) is 5.69 Å². The average Bonchev–Trinajstić information content (AvgIpc) is 2.30. The summed E-state index contributed by atoms with van der Waals surface area (Å²) in [5, 5.41) is 3.12. The van der Waals surface area contributed by atoms with Gasteiger partial charge in [-0.1, -0.05) is 25.4 Å². The number of ether oxygens (including phenoxy) is 1. The van der Waals surface area contributed by atoms with Crippen LogP contribution in [0.15, 0.2) is 18.2 Å². The molecule has 1 atom stereocenters. The first-order chi connectivity index (χ1) is 8.40. The number of hydrogen-bond donors (Lipinski definition) is 2. The minimum Gasteiger partial charge on any atom is -0.399 e. The van der Waals surface area contributed by atoms with Crippen LogP contribution >= 0.6 is 11.6 Å². The van der Waals surface area contributed by atoms with Crippen LogP contribution in [0, 0.1) is 5.92 Å². The Balaban J connectivity index is 2.52. The monoisotopic (exact) mass is 270 g/mol. The van der Waals surface area contributed by atoms with Crippen LogP contribution in [0.4, 0.5) is 11.4 Å². The lowest BCUT2D eigenvalue weighted by Crippen LogP contribution is -2.24. The Morgan fingerprint density at radius 3 is 2.72 bits per heavy atom. The Morgan fingerprint density at radius 2 is 2.11 bits per heavy atom. The Bertz CT molecular complexity index is 421. The van der Waals surface area contributed by atoms with Gasteiger partial charge in [0.25, 0.3) is 0 Å². The van der Waals surface area contributed by atoms with E-state index >= 15 is 0 Å². The molecule has 0 fully saturated rings. The summed E-state index contributed by atoms with van der Waals surface area (Å²) < 4.78 is 5.42. The van der Waals surface area contributed by atoms with Crippen LogP contribution in [-0.2, 0) is 9.53 Å². The number of carbonyl (C=O) groups excluding carboxylic acids is 1. The zero-order valence-electron chi connectivity index (χ0n) is 10.9. The maximum Gasteiger partial charge on any atom is 0.250 e. The lowest BCUT2D eigenvalue weighted by atomic mass is 10.1. The number of halogens is 1. The molecule has 1 amide bonds. The van der Waals surface area contributed by atoms with E-state index < -0.39 is 0 Å². The summed E-state index contributed by atoms with van der Waals surface area (Å²) in [5.74, 6) is 0.128. The fourth-order valence-corrected chi connectivity index (χ4v) is 1.39. The highest BCUT2D eigenvalue weighted by atomic mass is 35.5. The van der Waals surface area contributed by atoms with Crippen LogP contribution in [0.3, 0.4) is 0 Å². The minimum atomic E-state index is -0.241. The van der Waals surface area contributed by atoms with Crippen molar-refractivity contribution in [2.75, 3.05) is 17.7 Å². The van der Waals surface area contributed by atoms with Crippen LogP contribution < -0.4 is 11.1 Å². The predicted molar refractivity (Wildman–Crippen MR) is 74.7 cm³/mol. The quantitative estimate of drug-likeness (QED) is 0.809. The third kappa shape index (κ3) is 4.55. The molecular weight excluding hydrogens is 252 g/mol. The van der Waals surface area contributed by atoms with Crippen LogP contribution in [0.25, 0.3) is 0 Å². The highest BCUT2D eigenvalue weighted by molar-refractivity contribution is 6.33. The van der Waals surface area contributed by atoms with Crippen molar-refractivity contribution in [2.24, 2.45) is 5.92 Å². The number of hydrogen-bond acceptors (Lipinski definition) is 3. The zero-order chi connectivity index (χ0) is 13.7. The summed E-state index contributed by atoms with van der Waals surface area (Å²) in [4.78, 5) is 11.7. The first-order valence-electron chi connectivity index (χ1n) is 5.86. The van der Waals surface area contributed by atoms with Crippen molar-refractivity contribution in [3.05, 3.63) is 23.2 Å². The Hall–Kier alpha value is -1.26. The van der Waals surface area contributed by atoms with E-state index in [1.165, 1.54) is 0 Å². The van der Waals surface area contributed by atoms with Crippen LogP contribution in [0.2, 0.25) is 5.02 Å². The van der Waals surface area contributed by atoms with Crippen molar-refractivity contribution >= 4 is 28.9 Å². The van der Waals surface area contributed by atoms with Crippen molar-refractivity contribution in [3.8, 4) is 0 Å². The molecule has 1 rings (SSSR count). The van der Waals surface area contributed by atoms with E-state index in [4.69, 9.17) is 22.1 Å². The number of anilines is 2.